The van der Waals surface area contributed by atoms with Crippen molar-refractivity contribution in [2.24, 2.45) is 4.99 Å². The second kappa shape index (κ2) is 8.18. The minimum absolute atomic E-state index is 0. The Hall–Kier alpha value is -2.06. The molecule has 0 radical (unpaired) electrons. The first-order valence-corrected chi connectivity index (χ1v) is 6.35. The van der Waals surface area contributed by atoms with Crippen LogP contribution < -0.4 is 5.32 Å². The molecule has 104 valence electrons. The Morgan fingerprint density at radius 3 is 2.05 bits per heavy atom. The third-order valence-corrected chi connectivity index (χ3v) is 2.60. The van der Waals surface area contributed by atoms with Crippen molar-refractivity contribution < 1.29 is 0 Å². The summed E-state index contributed by atoms with van der Waals surface area (Å²) >= 11 is 0. The van der Waals surface area contributed by atoms with Crippen LogP contribution >= 0.6 is 12.4 Å². The number of anilines is 1. The summed E-state index contributed by atoms with van der Waals surface area (Å²) in [6.45, 7) is 4.04. The van der Waals surface area contributed by atoms with Crippen LogP contribution in [-0.2, 0) is 0 Å². The van der Waals surface area contributed by atoms with E-state index in [1.54, 1.807) is 0 Å². The zero-order valence-electron chi connectivity index (χ0n) is 11.7. The SMILES string of the molecule is CC(/C=C(\C)Nc1ccccc1)=Nc1ccccc1.Cl. The number of halogens is 1. The lowest BCUT2D eigenvalue weighted by Gasteiger charge is -2.06. The molecule has 2 rings (SSSR count). The van der Waals surface area contributed by atoms with E-state index in [-0.39, 0.29) is 12.4 Å². The van der Waals surface area contributed by atoms with Crippen LogP contribution in [0.4, 0.5) is 11.4 Å². The Labute approximate surface area is 126 Å². The highest BCUT2D eigenvalue weighted by Crippen LogP contribution is 2.12. The molecule has 0 aliphatic rings. The van der Waals surface area contributed by atoms with E-state index in [0.717, 1.165) is 22.8 Å². The third kappa shape index (κ3) is 5.29. The predicted molar refractivity (Wildman–Crippen MR) is 90.3 cm³/mol. The quantitative estimate of drug-likeness (QED) is 0.766. The number of aliphatic imine (C=N–C) groups is 1. The number of hydrogen-bond donors (Lipinski definition) is 1. The van der Waals surface area contributed by atoms with Crippen molar-refractivity contribution in [1.82, 2.24) is 0 Å². The van der Waals surface area contributed by atoms with Crippen molar-refractivity contribution in [1.29, 1.82) is 0 Å². The topological polar surface area (TPSA) is 24.4 Å². The summed E-state index contributed by atoms with van der Waals surface area (Å²) in [6, 6.07) is 20.1. The standard InChI is InChI=1S/C17H18N2.ClH/c1-14(18-16-9-5-3-6-10-16)13-15(2)19-17-11-7-4-8-12-17;/h3-13,18H,1-2H3;1H/b14-13+,19-15?;. The smallest absolute Gasteiger partial charge is 0.0632 e. The number of hydrogen-bond acceptors (Lipinski definition) is 2. The van der Waals surface area contributed by atoms with Crippen LogP contribution in [0.2, 0.25) is 0 Å². The van der Waals surface area contributed by atoms with Gasteiger partial charge in [-0.3, -0.25) is 4.99 Å². The molecule has 2 nitrogen and oxygen atoms in total. The number of allylic oxidation sites excluding steroid dienone is 2. The first-order valence-electron chi connectivity index (χ1n) is 6.35. The maximum Gasteiger partial charge on any atom is 0.0632 e. The molecule has 0 aliphatic heterocycles. The van der Waals surface area contributed by atoms with Gasteiger partial charge in [-0.15, -0.1) is 12.4 Å². The molecular weight excluding hydrogens is 268 g/mol. The minimum Gasteiger partial charge on any atom is -0.359 e. The van der Waals surface area contributed by atoms with Crippen molar-refractivity contribution in [2.45, 2.75) is 13.8 Å². The lowest BCUT2D eigenvalue weighted by Crippen LogP contribution is -1.98. The molecule has 0 amide bonds. The third-order valence-electron chi connectivity index (χ3n) is 2.60. The maximum absolute atomic E-state index is 4.54. The van der Waals surface area contributed by atoms with Crippen LogP contribution in [0.5, 0.6) is 0 Å². The highest BCUT2D eigenvalue weighted by Gasteiger charge is 1.93. The fourth-order valence-corrected chi connectivity index (χ4v) is 1.84. The molecule has 0 bridgehead atoms. The van der Waals surface area contributed by atoms with Gasteiger partial charge >= 0.3 is 0 Å². The molecule has 0 fully saturated rings. The van der Waals surface area contributed by atoms with Gasteiger partial charge in [0.25, 0.3) is 0 Å². The molecule has 0 saturated heterocycles. The Kier molecular flexibility index (Phi) is 6.54. The molecule has 3 heteroatoms. The van der Waals surface area contributed by atoms with E-state index in [9.17, 15) is 0 Å². The van der Waals surface area contributed by atoms with E-state index in [1.165, 1.54) is 0 Å². The number of nitrogens with zero attached hydrogens (tertiary/aromatic N) is 1. The number of para-hydroxylation sites is 2. The van der Waals surface area contributed by atoms with Gasteiger partial charge in [0, 0.05) is 17.1 Å². The van der Waals surface area contributed by atoms with Crippen LogP contribution in [0.3, 0.4) is 0 Å². The van der Waals surface area contributed by atoms with E-state index in [2.05, 4.69) is 10.3 Å². The molecule has 2 aromatic rings. The summed E-state index contributed by atoms with van der Waals surface area (Å²) in [5.74, 6) is 0. The van der Waals surface area contributed by atoms with E-state index < -0.39 is 0 Å². The lowest BCUT2D eigenvalue weighted by molar-refractivity contribution is 1.37. The van der Waals surface area contributed by atoms with E-state index >= 15 is 0 Å². The molecular formula is C17H19ClN2. The fraction of sp³-hybridized carbons (Fsp3) is 0.118. The molecule has 0 aromatic heterocycles. The van der Waals surface area contributed by atoms with Gasteiger partial charge in [-0.2, -0.15) is 0 Å². The van der Waals surface area contributed by atoms with Crippen LogP contribution in [0, 0.1) is 0 Å². The monoisotopic (exact) mass is 286 g/mol. The average Bonchev–Trinajstić information content (AvgIpc) is 2.40. The van der Waals surface area contributed by atoms with Gasteiger partial charge in [0.2, 0.25) is 0 Å². The summed E-state index contributed by atoms with van der Waals surface area (Å²) in [7, 11) is 0. The fourth-order valence-electron chi connectivity index (χ4n) is 1.84. The molecule has 0 aliphatic carbocycles. The summed E-state index contributed by atoms with van der Waals surface area (Å²) in [5.41, 5.74) is 4.11. The van der Waals surface area contributed by atoms with Crippen LogP contribution in [-0.4, -0.2) is 5.71 Å². The summed E-state index contributed by atoms with van der Waals surface area (Å²) < 4.78 is 0. The van der Waals surface area contributed by atoms with E-state index in [4.69, 9.17) is 0 Å². The Morgan fingerprint density at radius 2 is 1.45 bits per heavy atom. The van der Waals surface area contributed by atoms with Gasteiger partial charge in [-0.1, -0.05) is 36.4 Å². The zero-order chi connectivity index (χ0) is 13.5. The van der Waals surface area contributed by atoms with Crippen molar-refractivity contribution in [3.63, 3.8) is 0 Å². The van der Waals surface area contributed by atoms with Crippen LogP contribution in [0.15, 0.2) is 77.4 Å². The first kappa shape index (κ1) is 16.0. The van der Waals surface area contributed by atoms with E-state index in [1.807, 2.05) is 80.6 Å². The summed E-state index contributed by atoms with van der Waals surface area (Å²) in [4.78, 5) is 4.54. The Bertz CT molecular complexity index is 574. The zero-order valence-corrected chi connectivity index (χ0v) is 12.5. The second-order valence-electron chi connectivity index (χ2n) is 4.41. The van der Waals surface area contributed by atoms with Crippen molar-refractivity contribution >= 4 is 29.5 Å². The molecule has 2 aromatic carbocycles. The van der Waals surface area contributed by atoms with Gasteiger partial charge in [0.05, 0.1) is 5.69 Å². The van der Waals surface area contributed by atoms with Crippen molar-refractivity contribution in [2.75, 3.05) is 5.32 Å². The Balaban J connectivity index is 0.00000200. The second-order valence-corrected chi connectivity index (χ2v) is 4.41. The van der Waals surface area contributed by atoms with Gasteiger partial charge in [0.1, 0.15) is 0 Å². The molecule has 0 atom stereocenters. The van der Waals surface area contributed by atoms with Gasteiger partial charge in [-0.05, 0) is 44.2 Å². The highest BCUT2D eigenvalue weighted by atomic mass is 35.5. The molecule has 0 spiro atoms. The molecule has 0 saturated carbocycles. The number of nitrogens with one attached hydrogen (secondary N) is 1. The molecule has 1 N–H and O–H groups in total. The average molecular weight is 287 g/mol. The summed E-state index contributed by atoms with van der Waals surface area (Å²) in [6.07, 6.45) is 2.04. The minimum atomic E-state index is 0. The molecule has 0 unspecified atom stereocenters. The van der Waals surface area contributed by atoms with Gasteiger partial charge in [-0.25, -0.2) is 0 Å². The van der Waals surface area contributed by atoms with Crippen molar-refractivity contribution in [3.8, 4) is 0 Å². The Morgan fingerprint density at radius 1 is 0.900 bits per heavy atom. The van der Waals surface area contributed by atoms with E-state index in [0.29, 0.717) is 0 Å². The normalized spacial score (nSPS) is 11.7. The first-order chi connectivity index (χ1) is 9.24. The summed E-state index contributed by atoms with van der Waals surface area (Å²) in [5, 5.41) is 3.34. The molecule has 20 heavy (non-hydrogen) atoms. The van der Waals surface area contributed by atoms with Crippen LogP contribution in [0.25, 0.3) is 0 Å². The lowest BCUT2D eigenvalue weighted by atomic mass is 10.2. The van der Waals surface area contributed by atoms with Crippen LogP contribution in [0.1, 0.15) is 13.8 Å². The number of rotatable bonds is 4. The largest absolute Gasteiger partial charge is 0.359 e. The molecule has 0 heterocycles. The predicted octanol–water partition coefficient (Wildman–Crippen LogP) is 5.22. The van der Waals surface area contributed by atoms with Gasteiger partial charge in [0.15, 0.2) is 0 Å². The van der Waals surface area contributed by atoms with Gasteiger partial charge < -0.3 is 5.32 Å². The van der Waals surface area contributed by atoms with Crippen molar-refractivity contribution in [3.05, 3.63) is 72.4 Å². The highest BCUT2D eigenvalue weighted by molar-refractivity contribution is 5.95. The maximum atomic E-state index is 4.54. The number of benzene rings is 2.